The molecule has 0 aliphatic carbocycles. The fourth-order valence-electron chi connectivity index (χ4n) is 4.00. The lowest BCUT2D eigenvalue weighted by atomic mass is 9.97. The van der Waals surface area contributed by atoms with Crippen molar-refractivity contribution in [3.05, 3.63) is 84.8 Å². The van der Waals surface area contributed by atoms with Gasteiger partial charge >= 0.3 is 5.97 Å². The van der Waals surface area contributed by atoms with Crippen LogP contribution in [0.2, 0.25) is 0 Å². The zero-order chi connectivity index (χ0) is 23.7. The summed E-state index contributed by atoms with van der Waals surface area (Å²) in [5.74, 6) is -0.206. The molecule has 1 aromatic carbocycles. The van der Waals surface area contributed by atoms with E-state index in [4.69, 9.17) is 4.84 Å². The van der Waals surface area contributed by atoms with Gasteiger partial charge in [0.25, 0.3) is 0 Å². The number of imidazole rings is 1. The second-order valence-electron chi connectivity index (χ2n) is 9.58. The first-order valence-corrected chi connectivity index (χ1v) is 11.5. The summed E-state index contributed by atoms with van der Waals surface area (Å²) in [6, 6.07) is 18.5. The van der Waals surface area contributed by atoms with E-state index in [1.54, 1.807) is 5.06 Å². The van der Waals surface area contributed by atoms with Crippen LogP contribution in [0, 0.1) is 5.41 Å². The maximum Gasteiger partial charge on any atom is 0.330 e. The summed E-state index contributed by atoms with van der Waals surface area (Å²) in [4.78, 5) is 26.9. The molecule has 0 amide bonds. The van der Waals surface area contributed by atoms with Gasteiger partial charge in [-0.05, 0) is 62.6 Å². The average molecular weight is 453 g/mol. The van der Waals surface area contributed by atoms with Gasteiger partial charge < -0.3 is 4.84 Å². The molecule has 0 N–H and O–H groups in total. The number of benzene rings is 1. The van der Waals surface area contributed by atoms with E-state index in [0.29, 0.717) is 13.1 Å². The molecule has 0 unspecified atom stereocenters. The van der Waals surface area contributed by atoms with Crippen molar-refractivity contribution in [3.63, 3.8) is 0 Å². The molecule has 3 aromatic heterocycles. The Labute approximate surface area is 199 Å². The number of hydrogen-bond donors (Lipinski definition) is 0. The quantitative estimate of drug-likeness (QED) is 0.400. The van der Waals surface area contributed by atoms with Crippen LogP contribution in [-0.4, -0.2) is 38.5 Å². The molecule has 34 heavy (non-hydrogen) atoms. The number of hydrogen-bond acceptors (Lipinski definition) is 5. The van der Waals surface area contributed by atoms with Crippen molar-refractivity contribution in [1.82, 2.24) is 19.4 Å². The zero-order valence-electron chi connectivity index (χ0n) is 19.7. The van der Waals surface area contributed by atoms with Crippen molar-refractivity contribution in [2.45, 2.75) is 27.2 Å². The lowest BCUT2D eigenvalue weighted by Crippen LogP contribution is -2.35. The number of nitrogens with zero attached hydrogens (tertiary/aromatic N) is 4. The molecule has 0 fully saturated rings. The van der Waals surface area contributed by atoms with Gasteiger partial charge in [-0.3, -0.25) is 9.38 Å². The van der Waals surface area contributed by atoms with Gasteiger partial charge in [-0.25, -0.2) is 9.78 Å². The molecule has 1 aliphatic rings. The first-order chi connectivity index (χ1) is 16.4. The summed E-state index contributed by atoms with van der Waals surface area (Å²) in [5, 5.41) is 1.73. The fourth-order valence-corrected chi connectivity index (χ4v) is 4.00. The summed E-state index contributed by atoms with van der Waals surface area (Å²) in [7, 11) is 0. The van der Waals surface area contributed by atoms with Crippen LogP contribution in [0.15, 0.2) is 79.3 Å². The Morgan fingerprint density at radius 2 is 1.79 bits per heavy atom. The molecule has 0 saturated carbocycles. The van der Waals surface area contributed by atoms with Crippen molar-refractivity contribution < 1.29 is 9.63 Å². The number of fused-ring (bicyclic) bond motifs is 1. The van der Waals surface area contributed by atoms with Crippen LogP contribution in [0.1, 0.15) is 32.8 Å². The average Bonchev–Trinajstić information content (AvgIpc) is 3.28. The SMILES string of the molecule is CC(C)(C)C(=O)ON1CC=C(c2ccn3c(-c4ccnc(-c5ccccc5)c4)cnc3c2)CC1. The van der Waals surface area contributed by atoms with Gasteiger partial charge in [0.2, 0.25) is 0 Å². The van der Waals surface area contributed by atoms with Gasteiger partial charge in [0, 0.05) is 30.1 Å². The topological polar surface area (TPSA) is 59.7 Å². The molecule has 0 bridgehead atoms. The molecule has 6 heteroatoms. The predicted octanol–water partition coefficient (Wildman–Crippen LogP) is 5.66. The van der Waals surface area contributed by atoms with Gasteiger partial charge in [0.05, 0.1) is 29.5 Å². The van der Waals surface area contributed by atoms with Crippen LogP contribution in [-0.2, 0) is 9.63 Å². The highest BCUT2D eigenvalue weighted by Gasteiger charge is 2.26. The van der Waals surface area contributed by atoms with Gasteiger partial charge in [0.15, 0.2) is 0 Å². The first kappa shape index (κ1) is 22.0. The maximum atomic E-state index is 12.2. The summed E-state index contributed by atoms with van der Waals surface area (Å²) >= 11 is 0. The first-order valence-electron chi connectivity index (χ1n) is 11.5. The highest BCUT2D eigenvalue weighted by atomic mass is 16.7. The largest absolute Gasteiger partial charge is 0.367 e. The number of carbonyl (C=O) groups excluding carboxylic acids is 1. The molecule has 4 aromatic rings. The molecule has 6 nitrogen and oxygen atoms in total. The van der Waals surface area contributed by atoms with E-state index >= 15 is 0 Å². The van der Waals surface area contributed by atoms with Crippen molar-refractivity contribution in [3.8, 4) is 22.5 Å². The minimum atomic E-state index is -0.510. The Kier molecular flexibility index (Phi) is 5.75. The monoisotopic (exact) mass is 452 g/mol. The summed E-state index contributed by atoms with van der Waals surface area (Å²) in [5.41, 5.74) is 6.90. The predicted molar refractivity (Wildman–Crippen MR) is 134 cm³/mol. The molecule has 4 heterocycles. The lowest BCUT2D eigenvalue weighted by molar-refractivity contribution is -0.198. The second-order valence-corrected chi connectivity index (χ2v) is 9.58. The van der Waals surface area contributed by atoms with Crippen LogP contribution < -0.4 is 0 Å². The molecule has 0 atom stereocenters. The number of rotatable bonds is 4. The van der Waals surface area contributed by atoms with Crippen LogP contribution in [0.4, 0.5) is 0 Å². The molecule has 1 aliphatic heterocycles. The normalized spacial score (nSPS) is 14.7. The van der Waals surface area contributed by atoms with E-state index in [2.05, 4.69) is 57.0 Å². The Morgan fingerprint density at radius 1 is 0.971 bits per heavy atom. The summed E-state index contributed by atoms with van der Waals surface area (Å²) < 4.78 is 2.11. The number of hydroxylamine groups is 2. The highest BCUT2D eigenvalue weighted by molar-refractivity contribution is 5.75. The third kappa shape index (κ3) is 4.50. The smallest absolute Gasteiger partial charge is 0.330 e. The molecule has 172 valence electrons. The highest BCUT2D eigenvalue weighted by Crippen LogP contribution is 2.28. The van der Waals surface area contributed by atoms with Gasteiger partial charge in [-0.1, -0.05) is 36.4 Å². The minimum Gasteiger partial charge on any atom is -0.367 e. The van der Waals surface area contributed by atoms with Crippen LogP contribution in [0.25, 0.3) is 33.7 Å². The second kappa shape index (κ2) is 8.88. The van der Waals surface area contributed by atoms with Gasteiger partial charge in [-0.15, -0.1) is 5.06 Å². The third-order valence-corrected chi connectivity index (χ3v) is 6.01. The standard InChI is InChI=1S/C28H28N4O2/c1-28(2,3)27(33)34-31-14-10-20(11-15-31)22-12-16-32-25(19-30-26(32)18-22)23-9-13-29-24(17-23)21-7-5-4-6-8-21/h4-10,12-13,16-19H,11,14-15H2,1-3H3. The van der Waals surface area contributed by atoms with Crippen LogP contribution >= 0.6 is 0 Å². The summed E-state index contributed by atoms with van der Waals surface area (Å²) in [6.45, 7) is 6.86. The Balaban J connectivity index is 1.37. The van der Waals surface area contributed by atoms with Gasteiger partial charge in [0.1, 0.15) is 5.65 Å². The lowest BCUT2D eigenvalue weighted by Gasteiger charge is -2.28. The maximum absolute atomic E-state index is 12.2. The Bertz CT molecular complexity index is 1370. The molecule has 0 saturated heterocycles. The van der Waals surface area contributed by atoms with E-state index in [1.165, 1.54) is 5.57 Å². The number of aromatic nitrogens is 3. The minimum absolute atomic E-state index is 0.206. The molecule has 5 rings (SSSR count). The van der Waals surface area contributed by atoms with E-state index in [1.807, 2.05) is 57.4 Å². The Morgan fingerprint density at radius 3 is 2.53 bits per heavy atom. The van der Waals surface area contributed by atoms with E-state index < -0.39 is 5.41 Å². The molecular formula is C28H28N4O2. The summed E-state index contributed by atoms with van der Waals surface area (Å²) in [6.07, 6.45) is 8.77. The van der Waals surface area contributed by atoms with Crippen molar-refractivity contribution in [2.75, 3.05) is 13.1 Å². The number of pyridine rings is 2. The van der Waals surface area contributed by atoms with E-state index in [-0.39, 0.29) is 5.97 Å². The number of carbonyl (C=O) groups is 1. The third-order valence-electron chi connectivity index (χ3n) is 6.01. The zero-order valence-corrected chi connectivity index (χ0v) is 19.7. The van der Waals surface area contributed by atoms with Gasteiger partial charge in [-0.2, -0.15) is 0 Å². The molecule has 0 spiro atoms. The Hall–Kier alpha value is -3.77. The van der Waals surface area contributed by atoms with Crippen LogP contribution in [0.5, 0.6) is 0 Å². The van der Waals surface area contributed by atoms with Crippen molar-refractivity contribution in [1.29, 1.82) is 0 Å². The van der Waals surface area contributed by atoms with E-state index in [0.717, 1.165) is 40.1 Å². The molecule has 0 radical (unpaired) electrons. The fraction of sp³-hybridized carbons (Fsp3) is 0.250. The molecular weight excluding hydrogens is 424 g/mol. The van der Waals surface area contributed by atoms with Crippen LogP contribution in [0.3, 0.4) is 0 Å². The van der Waals surface area contributed by atoms with E-state index in [9.17, 15) is 4.79 Å². The van der Waals surface area contributed by atoms with Crippen molar-refractivity contribution in [2.24, 2.45) is 5.41 Å². The van der Waals surface area contributed by atoms with Crippen molar-refractivity contribution >= 4 is 17.2 Å².